The molecule has 2 atom stereocenters. The summed E-state index contributed by atoms with van der Waals surface area (Å²) in [6.45, 7) is 0. The summed E-state index contributed by atoms with van der Waals surface area (Å²) in [5.41, 5.74) is 7.15. The third-order valence-corrected chi connectivity index (χ3v) is 8.36. The molecule has 0 saturated heterocycles. The lowest BCUT2D eigenvalue weighted by Gasteiger charge is -2.33. The number of rotatable bonds is 4. The first-order valence-corrected chi connectivity index (χ1v) is 14.4. The molecule has 7 aromatic rings. The average Bonchev–Trinajstić information content (AvgIpc) is 3.45. The normalized spacial score (nSPS) is 16.9. The number of furan rings is 1. The predicted molar refractivity (Wildman–Crippen MR) is 173 cm³/mol. The lowest BCUT2D eigenvalue weighted by molar-refractivity contribution is 0.411. The molecule has 1 aliphatic heterocycles. The molecule has 0 fully saturated rings. The van der Waals surface area contributed by atoms with Crippen LogP contribution < -0.4 is 10.6 Å². The Morgan fingerprint density at radius 2 is 1.33 bits per heavy atom. The summed E-state index contributed by atoms with van der Waals surface area (Å²) in [6.07, 6.45) is -0.354. The Morgan fingerprint density at radius 3 is 2.17 bits per heavy atom. The fourth-order valence-electron chi connectivity index (χ4n) is 6.11. The molecular weight excluding hydrogens is 538 g/mol. The maximum absolute atomic E-state index is 6.52. The minimum atomic E-state index is -0.193. The second-order valence-electron chi connectivity index (χ2n) is 10.5. The molecule has 0 radical (unpaired) electrons. The molecule has 5 heteroatoms. The van der Waals surface area contributed by atoms with Gasteiger partial charge in [0.2, 0.25) is 0 Å². The van der Waals surface area contributed by atoms with E-state index in [4.69, 9.17) is 21.0 Å². The number of aliphatic imine (C=N–C) groups is 1. The predicted octanol–water partition coefficient (Wildman–Crippen LogP) is 9.40. The van der Waals surface area contributed by atoms with Crippen molar-refractivity contribution in [2.75, 3.05) is 0 Å². The number of hydrogen-bond acceptors (Lipinski definition) is 4. The van der Waals surface area contributed by atoms with E-state index in [0.29, 0.717) is 5.02 Å². The molecule has 4 nitrogen and oxygen atoms in total. The molecule has 1 aliphatic rings. The van der Waals surface area contributed by atoms with E-state index in [1.807, 2.05) is 48.5 Å². The summed E-state index contributed by atoms with van der Waals surface area (Å²) < 4.78 is 6.22. The summed E-state index contributed by atoms with van der Waals surface area (Å²) in [4.78, 5) is 5.08. The molecule has 0 spiro atoms. The van der Waals surface area contributed by atoms with Crippen molar-refractivity contribution in [2.24, 2.45) is 4.99 Å². The van der Waals surface area contributed by atoms with Crippen molar-refractivity contribution in [1.29, 1.82) is 0 Å². The fraction of sp³-hybridized carbons (Fsp3) is 0.0541. The van der Waals surface area contributed by atoms with Crippen LogP contribution in [0.25, 0.3) is 43.8 Å². The van der Waals surface area contributed by atoms with E-state index >= 15 is 0 Å². The number of halogens is 1. The van der Waals surface area contributed by atoms with E-state index in [2.05, 4.69) is 95.6 Å². The number of nitrogens with zero attached hydrogens (tertiary/aromatic N) is 1. The zero-order valence-electron chi connectivity index (χ0n) is 22.6. The van der Waals surface area contributed by atoms with Gasteiger partial charge in [0.25, 0.3) is 0 Å². The summed E-state index contributed by atoms with van der Waals surface area (Å²) in [6, 6.07) is 45.9. The Kier molecular flexibility index (Phi) is 6.03. The van der Waals surface area contributed by atoms with Gasteiger partial charge in [0, 0.05) is 16.3 Å². The third-order valence-electron chi connectivity index (χ3n) is 8.06. The van der Waals surface area contributed by atoms with Crippen molar-refractivity contribution in [3.05, 3.63) is 155 Å². The van der Waals surface area contributed by atoms with E-state index in [9.17, 15) is 0 Å². The SMILES string of the molecule is Clc1cccc2c1oc1cccc(-c3ccc(C4NC(c5ccccc5)=NC(c5ccccc5)N4)c4ccccc34)c12. The monoisotopic (exact) mass is 563 g/mol. The van der Waals surface area contributed by atoms with Crippen LogP contribution in [0.5, 0.6) is 0 Å². The quantitative estimate of drug-likeness (QED) is 0.224. The first-order chi connectivity index (χ1) is 20.7. The van der Waals surface area contributed by atoms with Crippen LogP contribution >= 0.6 is 11.6 Å². The van der Waals surface area contributed by atoms with Crippen LogP contribution in [0.1, 0.15) is 29.0 Å². The molecule has 0 saturated carbocycles. The largest absolute Gasteiger partial charge is 0.454 e. The van der Waals surface area contributed by atoms with Crippen LogP contribution in [0.3, 0.4) is 0 Å². The molecule has 202 valence electrons. The zero-order valence-corrected chi connectivity index (χ0v) is 23.3. The Bertz CT molecular complexity index is 2120. The van der Waals surface area contributed by atoms with Gasteiger partial charge >= 0.3 is 0 Å². The lowest BCUT2D eigenvalue weighted by Crippen LogP contribution is -2.45. The van der Waals surface area contributed by atoms with Crippen molar-refractivity contribution in [3.8, 4) is 11.1 Å². The van der Waals surface area contributed by atoms with Gasteiger partial charge in [0.05, 0.1) is 5.02 Å². The lowest BCUT2D eigenvalue weighted by atomic mass is 9.91. The summed E-state index contributed by atoms with van der Waals surface area (Å²) in [7, 11) is 0. The average molecular weight is 564 g/mol. The molecule has 2 heterocycles. The van der Waals surface area contributed by atoms with Crippen molar-refractivity contribution < 1.29 is 4.42 Å². The minimum absolute atomic E-state index is 0.161. The van der Waals surface area contributed by atoms with E-state index in [1.54, 1.807) is 0 Å². The van der Waals surface area contributed by atoms with Crippen LogP contribution in [-0.4, -0.2) is 5.84 Å². The van der Waals surface area contributed by atoms with Gasteiger partial charge in [0.1, 0.15) is 23.8 Å². The molecule has 2 unspecified atom stereocenters. The maximum Gasteiger partial charge on any atom is 0.154 e. The van der Waals surface area contributed by atoms with Crippen LogP contribution in [0.4, 0.5) is 0 Å². The number of benzene rings is 6. The third kappa shape index (κ3) is 4.16. The number of amidine groups is 1. The summed E-state index contributed by atoms with van der Waals surface area (Å²) >= 11 is 6.52. The van der Waals surface area contributed by atoms with Gasteiger partial charge in [-0.1, -0.05) is 133 Å². The highest BCUT2D eigenvalue weighted by Crippen LogP contribution is 2.42. The molecular formula is C37H26ClN3O. The van der Waals surface area contributed by atoms with Crippen molar-refractivity contribution in [2.45, 2.75) is 12.3 Å². The fourth-order valence-corrected chi connectivity index (χ4v) is 6.33. The molecule has 0 amide bonds. The van der Waals surface area contributed by atoms with Crippen LogP contribution in [-0.2, 0) is 0 Å². The van der Waals surface area contributed by atoms with Gasteiger partial charge in [-0.3, -0.25) is 5.32 Å². The van der Waals surface area contributed by atoms with Gasteiger partial charge in [0.15, 0.2) is 5.58 Å². The molecule has 0 bridgehead atoms. The number of hydrogen-bond donors (Lipinski definition) is 2. The molecule has 0 aliphatic carbocycles. The molecule has 8 rings (SSSR count). The van der Waals surface area contributed by atoms with E-state index in [0.717, 1.165) is 55.6 Å². The Balaban J connectivity index is 1.29. The molecule has 2 N–H and O–H groups in total. The summed E-state index contributed by atoms with van der Waals surface area (Å²) in [5.74, 6) is 0.868. The Labute approximate surface area is 248 Å². The van der Waals surface area contributed by atoms with E-state index in [1.165, 1.54) is 10.8 Å². The minimum Gasteiger partial charge on any atom is -0.454 e. The first-order valence-electron chi connectivity index (χ1n) is 14.1. The number of fused-ring (bicyclic) bond motifs is 4. The molecule has 6 aromatic carbocycles. The number of nitrogens with one attached hydrogen (secondary N) is 2. The van der Waals surface area contributed by atoms with Crippen LogP contribution in [0, 0.1) is 0 Å². The van der Waals surface area contributed by atoms with Gasteiger partial charge < -0.3 is 9.73 Å². The second kappa shape index (κ2) is 10.2. The van der Waals surface area contributed by atoms with Crippen molar-refractivity contribution >= 4 is 50.1 Å². The van der Waals surface area contributed by atoms with Crippen LogP contribution in [0.2, 0.25) is 5.02 Å². The van der Waals surface area contributed by atoms with Gasteiger partial charge in [-0.15, -0.1) is 0 Å². The van der Waals surface area contributed by atoms with Gasteiger partial charge in [-0.05, 0) is 45.2 Å². The topological polar surface area (TPSA) is 49.6 Å². The molecule has 1 aromatic heterocycles. The number of para-hydroxylation sites is 1. The standard InChI is InChI=1S/C37H26ClN3O/c38-31-19-9-18-30-33-28(17-10-20-32(33)42-34(30)31)27-21-22-29(26-16-8-7-15-25(26)27)37-40-35(23-11-3-1-4-12-23)39-36(41-37)24-13-5-2-6-14-24/h1-22,35,37,40H,(H,39,41). The van der Waals surface area contributed by atoms with Crippen molar-refractivity contribution in [1.82, 2.24) is 10.6 Å². The Hall–Kier alpha value is -4.90. The first kappa shape index (κ1) is 24.9. The van der Waals surface area contributed by atoms with Crippen molar-refractivity contribution in [3.63, 3.8) is 0 Å². The highest BCUT2D eigenvalue weighted by Gasteiger charge is 2.27. The highest BCUT2D eigenvalue weighted by molar-refractivity contribution is 6.36. The van der Waals surface area contributed by atoms with Gasteiger partial charge in [-0.25, -0.2) is 4.99 Å². The smallest absolute Gasteiger partial charge is 0.154 e. The molecule has 42 heavy (non-hydrogen) atoms. The van der Waals surface area contributed by atoms with Gasteiger partial charge in [-0.2, -0.15) is 0 Å². The second-order valence-corrected chi connectivity index (χ2v) is 11.0. The Morgan fingerprint density at radius 1 is 0.619 bits per heavy atom. The highest BCUT2D eigenvalue weighted by atomic mass is 35.5. The van der Waals surface area contributed by atoms with Crippen LogP contribution in [0.15, 0.2) is 143 Å². The summed E-state index contributed by atoms with van der Waals surface area (Å²) in [5, 5.41) is 12.5. The van der Waals surface area contributed by atoms with E-state index < -0.39 is 0 Å². The maximum atomic E-state index is 6.52. The van der Waals surface area contributed by atoms with E-state index in [-0.39, 0.29) is 12.3 Å². The zero-order chi connectivity index (χ0) is 28.0.